The molecule has 0 aromatic carbocycles. The number of nitrogen functional groups attached to an aromatic ring is 1. The summed E-state index contributed by atoms with van der Waals surface area (Å²) in [6, 6.07) is 0. The maximum atomic E-state index is 12.0. The Kier molecular flexibility index (Phi) is 4.37. The molecule has 4 N–H and O–H groups in total. The molecule has 0 spiro atoms. The van der Waals surface area contributed by atoms with Gasteiger partial charge in [0.1, 0.15) is 17.8 Å². The number of nitrogens with two attached hydrogens (primary N) is 1. The Morgan fingerprint density at radius 3 is 3.07 bits per heavy atom. The smallest absolute Gasteiger partial charge is 0.371 e. The summed E-state index contributed by atoms with van der Waals surface area (Å²) >= 11 is 0. The molecule has 13 heteroatoms. The highest BCUT2D eigenvalue weighted by molar-refractivity contribution is 7.47. The van der Waals surface area contributed by atoms with E-state index in [-0.39, 0.29) is 17.1 Å². The van der Waals surface area contributed by atoms with Gasteiger partial charge in [0.25, 0.3) is 5.56 Å². The van der Waals surface area contributed by atoms with Gasteiger partial charge in [-0.05, 0) is 6.42 Å². The van der Waals surface area contributed by atoms with Crippen molar-refractivity contribution >= 4 is 24.9 Å². The zero-order chi connectivity index (χ0) is 19.4. The molecule has 0 amide bonds. The lowest BCUT2D eigenvalue weighted by molar-refractivity contribution is -0.120. The Balaban J connectivity index is 1.79. The van der Waals surface area contributed by atoms with Crippen molar-refractivity contribution in [3.8, 4) is 0 Å². The number of aromatic nitrogens is 4. The molecule has 0 radical (unpaired) electrons. The van der Waals surface area contributed by atoms with Crippen LogP contribution < -0.4 is 11.3 Å². The molecule has 0 saturated carbocycles. The summed E-state index contributed by atoms with van der Waals surface area (Å²) in [6.45, 7) is 2.28. The van der Waals surface area contributed by atoms with Gasteiger partial charge in [-0.15, -0.1) is 0 Å². The number of ether oxygens (including phenoxy) is 2. The van der Waals surface area contributed by atoms with Gasteiger partial charge in [0, 0.05) is 13.5 Å². The van der Waals surface area contributed by atoms with Crippen LogP contribution >= 0.6 is 7.82 Å². The van der Waals surface area contributed by atoms with E-state index in [9.17, 15) is 14.3 Å². The van der Waals surface area contributed by atoms with E-state index in [2.05, 4.69) is 19.5 Å². The van der Waals surface area contributed by atoms with Crippen LogP contribution in [0, 0.1) is 0 Å². The molecule has 2 aromatic heterocycles. The lowest BCUT2D eigenvalue weighted by Gasteiger charge is -2.37. The Morgan fingerprint density at radius 2 is 2.37 bits per heavy atom. The lowest BCUT2D eigenvalue weighted by atomic mass is 9.87. The molecule has 5 atom stereocenters. The maximum Gasteiger partial charge on any atom is 0.472 e. The molecule has 2 fully saturated rings. The standard InChI is InChI=1S/C14H20N5O7P/c1-3-14-4-5-24-8(9(14)26-27(21,22)23-2)12(25-14)19-6-16-7-10(19)17-13(15)18-11(7)20/h6,8-9,12H,3-5H2,1-2H3,(H,21,22)(H3,15,17,18,20)/t8-,9?,12+,14?/m0/s1. The summed E-state index contributed by atoms with van der Waals surface area (Å²) in [5.74, 6) is -0.0617. The first kappa shape index (κ1) is 18.5. The highest BCUT2D eigenvalue weighted by Crippen LogP contribution is 2.54. The van der Waals surface area contributed by atoms with Crippen LogP contribution in [0.15, 0.2) is 11.1 Å². The van der Waals surface area contributed by atoms with Gasteiger partial charge in [-0.3, -0.25) is 23.4 Å². The van der Waals surface area contributed by atoms with Gasteiger partial charge >= 0.3 is 7.82 Å². The number of nitrogens with zero attached hydrogens (tertiary/aromatic N) is 3. The third kappa shape index (κ3) is 2.89. The zero-order valence-electron chi connectivity index (χ0n) is 14.7. The van der Waals surface area contributed by atoms with Crippen LogP contribution in [0.3, 0.4) is 0 Å². The maximum absolute atomic E-state index is 12.0. The molecule has 0 aliphatic carbocycles. The van der Waals surface area contributed by atoms with Crippen molar-refractivity contribution in [1.29, 1.82) is 0 Å². The second-order valence-electron chi connectivity index (χ2n) is 6.46. The summed E-state index contributed by atoms with van der Waals surface area (Å²) in [6.07, 6.45) is 0.0285. The molecule has 2 saturated heterocycles. The molecular weight excluding hydrogens is 381 g/mol. The van der Waals surface area contributed by atoms with Crippen LogP contribution in [0.4, 0.5) is 5.95 Å². The van der Waals surface area contributed by atoms with Crippen molar-refractivity contribution in [1.82, 2.24) is 19.5 Å². The largest absolute Gasteiger partial charge is 0.472 e. The predicted octanol–water partition coefficient (Wildman–Crippen LogP) is 0.300. The lowest BCUT2D eigenvalue weighted by Crippen LogP contribution is -2.49. The van der Waals surface area contributed by atoms with E-state index < -0.39 is 37.4 Å². The fourth-order valence-electron chi connectivity index (χ4n) is 3.71. The summed E-state index contributed by atoms with van der Waals surface area (Å²) in [5, 5.41) is 0. The van der Waals surface area contributed by atoms with Gasteiger partial charge in [-0.1, -0.05) is 6.92 Å². The van der Waals surface area contributed by atoms with Crippen molar-refractivity contribution in [2.45, 2.75) is 43.8 Å². The van der Waals surface area contributed by atoms with E-state index in [0.717, 1.165) is 7.11 Å². The first-order valence-corrected chi connectivity index (χ1v) is 9.88. The number of H-pyrrole nitrogens is 1. The van der Waals surface area contributed by atoms with Crippen LogP contribution in [0.25, 0.3) is 11.2 Å². The minimum atomic E-state index is -4.27. The Hall–Kier alpha value is -1.82. The van der Waals surface area contributed by atoms with E-state index in [4.69, 9.17) is 19.7 Å². The van der Waals surface area contributed by atoms with Gasteiger partial charge in [-0.2, -0.15) is 4.98 Å². The van der Waals surface area contributed by atoms with Crippen molar-refractivity contribution in [2.24, 2.45) is 0 Å². The van der Waals surface area contributed by atoms with E-state index >= 15 is 0 Å². The minimum absolute atomic E-state index is 0.0617. The summed E-state index contributed by atoms with van der Waals surface area (Å²) in [5.41, 5.74) is 4.64. The number of fused-ring (bicyclic) bond motifs is 3. The monoisotopic (exact) mass is 401 g/mol. The number of nitrogens with one attached hydrogen (secondary N) is 1. The molecule has 148 valence electrons. The number of phosphoric acid groups is 1. The van der Waals surface area contributed by atoms with Gasteiger partial charge in [0.05, 0.1) is 12.9 Å². The van der Waals surface area contributed by atoms with Gasteiger partial charge in [-0.25, -0.2) is 9.55 Å². The molecule has 2 aliphatic rings. The van der Waals surface area contributed by atoms with Crippen molar-refractivity contribution in [3.63, 3.8) is 0 Å². The molecule has 12 nitrogen and oxygen atoms in total. The Labute approximate surface area is 153 Å². The van der Waals surface area contributed by atoms with E-state index in [1.165, 1.54) is 10.9 Å². The average molecular weight is 401 g/mol. The zero-order valence-corrected chi connectivity index (χ0v) is 15.6. The fourth-order valence-corrected chi connectivity index (χ4v) is 4.40. The van der Waals surface area contributed by atoms with Gasteiger partial charge < -0.3 is 20.1 Å². The predicted molar refractivity (Wildman–Crippen MR) is 91.8 cm³/mol. The third-order valence-electron chi connectivity index (χ3n) is 5.09. The van der Waals surface area contributed by atoms with Crippen molar-refractivity contribution in [3.05, 3.63) is 16.7 Å². The van der Waals surface area contributed by atoms with Crippen LogP contribution in [-0.2, 0) is 23.1 Å². The number of rotatable bonds is 5. The number of hydrogen-bond acceptors (Lipinski definition) is 9. The molecule has 2 aliphatic heterocycles. The highest BCUT2D eigenvalue weighted by Gasteiger charge is 2.60. The summed E-state index contributed by atoms with van der Waals surface area (Å²) < 4.78 is 35.6. The SMILES string of the molecule is CCC12CCO[C@@H](C1OP(=O)(O)OC)[C@H](n1cnc3c(=O)[nH]c(N)nc31)O2. The molecule has 2 aromatic rings. The number of hydrogen-bond donors (Lipinski definition) is 3. The topological polar surface area (TPSA) is 164 Å². The molecule has 4 rings (SSSR count). The van der Waals surface area contributed by atoms with Gasteiger partial charge in [0.15, 0.2) is 17.4 Å². The fraction of sp³-hybridized carbons (Fsp3) is 0.643. The quantitative estimate of drug-likeness (QED) is 0.594. The van der Waals surface area contributed by atoms with E-state index in [1.807, 2.05) is 6.92 Å². The molecule has 27 heavy (non-hydrogen) atoms. The summed E-state index contributed by atoms with van der Waals surface area (Å²) in [7, 11) is -3.19. The highest BCUT2D eigenvalue weighted by atomic mass is 31.2. The average Bonchev–Trinajstić information content (AvgIpc) is 3.09. The molecular formula is C14H20N5O7P. The molecule has 4 heterocycles. The van der Waals surface area contributed by atoms with Crippen LogP contribution in [-0.4, -0.2) is 55.9 Å². The number of aromatic amines is 1. The van der Waals surface area contributed by atoms with E-state index in [1.54, 1.807) is 0 Å². The Bertz CT molecular complexity index is 976. The first-order chi connectivity index (χ1) is 12.8. The van der Waals surface area contributed by atoms with Crippen molar-refractivity contribution < 1.29 is 28.0 Å². The number of imidazole rings is 1. The van der Waals surface area contributed by atoms with Crippen molar-refractivity contribution in [2.75, 3.05) is 19.5 Å². The molecule has 3 unspecified atom stereocenters. The minimum Gasteiger partial charge on any atom is -0.371 e. The number of phosphoric ester groups is 1. The van der Waals surface area contributed by atoms with E-state index in [0.29, 0.717) is 19.4 Å². The third-order valence-corrected chi connectivity index (χ3v) is 6.04. The number of anilines is 1. The second-order valence-corrected chi connectivity index (χ2v) is 7.98. The summed E-state index contributed by atoms with van der Waals surface area (Å²) in [4.78, 5) is 32.4. The second kappa shape index (κ2) is 6.36. The van der Waals surface area contributed by atoms with Gasteiger partial charge in [0.2, 0.25) is 5.95 Å². The van der Waals surface area contributed by atoms with Crippen LogP contribution in [0.5, 0.6) is 0 Å². The molecule has 2 bridgehead atoms. The van der Waals surface area contributed by atoms with Crippen LogP contribution in [0.1, 0.15) is 26.0 Å². The first-order valence-electron chi connectivity index (χ1n) is 8.39. The Morgan fingerprint density at radius 1 is 1.59 bits per heavy atom. The normalized spacial score (nSPS) is 32.6. The van der Waals surface area contributed by atoms with Crippen LogP contribution in [0.2, 0.25) is 0 Å².